The number of hydrogen-bond donors (Lipinski definition) is 2. The summed E-state index contributed by atoms with van der Waals surface area (Å²) in [6.07, 6.45) is 2.67. The summed E-state index contributed by atoms with van der Waals surface area (Å²) in [7, 11) is 0. The summed E-state index contributed by atoms with van der Waals surface area (Å²) in [6, 6.07) is 14.7. The van der Waals surface area contributed by atoms with Crippen LogP contribution < -0.4 is 9.47 Å². The van der Waals surface area contributed by atoms with Gasteiger partial charge in [-0.25, -0.2) is 4.79 Å². The van der Waals surface area contributed by atoms with Gasteiger partial charge in [0.05, 0.1) is 6.10 Å². The summed E-state index contributed by atoms with van der Waals surface area (Å²) < 4.78 is 11.1. The van der Waals surface area contributed by atoms with Gasteiger partial charge in [-0.15, -0.1) is 0 Å². The molecular formula is C22H28O5. The zero-order chi connectivity index (χ0) is 19.6. The molecule has 2 rings (SSSR count). The fourth-order valence-electron chi connectivity index (χ4n) is 2.65. The molecule has 0 aliphatic rings. The molecule has 2 aromatic rings. The van der Waals surface area contributed by atoms with E-state index in [-0.39, 0.29) is 0 Å². The summed E-state index contributed by atoms with van der Waals surface area (Å²) in [5.41, 5.74) is 1.81. The summed E-state index contributed by atoms with van der Waals surface area (Å²) in [4.78, 5) is 10.8. The van der Waals surface area contributed by atoms with E-state index in [0.717, 1.165) is 36.8 Å². The third kappa shape index (κ3) is 6.94. The molecule has 27 heavy (non-hydrogen) atoms. The number of carboxylic acids is 1. The van der Waals surface area contributed by atoms with Gasteiger partial charge in [0.15, 0.2) is 6.10 Å². The van der Waals surface area contributed by atoms with Crippen molar-refractivity contribution in [2.24, 2.45) is 0 Å². The number of hydrogen-bond acceptors (Lipinski definition) is 4. The minimum atomic E-state index is -1.00. The van der Waals surface area contributed by atoms with Crippen LogP contribution in [0.3, 0.4) is 0 Å². The minimum Gasteiger partial charge on any atom is -0.489 e. The number of carboxylic acid groups (broad SMARTS) is 1. The van der Waals surface area contributed by atoms with E-state index in [4.69, 9.17) is 14.6 Å². The lowest BCUT2D eigenvalue weighted by Crippen LogP contribution is -2.22. The summed E-state index contributed by atoms with van der Waals surface area (Å²) in [5, 5.41) is 19.2. The van der Waals surface area contributed by atoms with Crippen LogP contribution in [0.1, 0.15) is 56.8 Å². The smallest absolute Gasteiger partial charge is 0.344 e. The van der Waals surface area contributed by atoms with Gasteiger partial charge < -0.3 is 19.7 Å². The predicted molar refractivity (Wildman–Crippen MR) is 104 cm³/mol. The van der Waals surface area contributed by atoms with Crippen molar-refractivity contribution in [3.63, 3.8) is 0 Å². The molecule has 0 fully saturated rings. The molecule has 0 heterocycles. The Balaban J connectivity index is 1.89. The van der Waals surface area contributed by atoms with Crippen molar-refractivity contribution < 1.29 is 24.5 Å². The average Bonchev–Trinajstić information content (AvgIpc) is 2.67. The maximum atomic E-state index is 10.8. The van der Waals surface area contributed by atoms with Gasteiger partial charge in [-0.2, -0.15) is 0 Å². The highest BCUT2D eigenvalue weighted by Crippen LogP contribution is 2.24. The fourth-order valence-corrected chi connectivity index (χ4v) is 2.65. The van der Waals surface area contributed by atoms with Gasteiger partial charge in [-0.3, -0.25) is 0 Å². The summed E-state index contributed by atoms with van der Waals surface area (Å²) >= 11 is 0. The van der Waals surface area contributed by atoms with E-state index >= 15 is 0 Å². The summed E-state index contributed by atoms with van der Waals surface area (Å²) in [5.74, 6) is 0.215. The first-order valence-corrected chi connectivity index (χ1v) is 9.38. The van der Waals surface area contributed by atoms with E-state index < -0.39 is 18.2 Å². The molecule has 2 unspecified atom stereocenters. The molecule has 0 bridgehead atoms. The average molecular weight is 372 g/mol. The normalized spacial score (nSPS) is 13.0. The second-order valence-electron chi connectivity index (χ2n) is 6.62. The molecular weight excluding hydrogens is 344 g/mol. The Morgan fingerprint density at radius 1 is 1.07 bits per heavy atom. The van der Waals surface area contributed by atoms with Crippen LogP contribution in [0.4, 0.5) is 0 Å². The van der Waals surface area contributed by atoms with Crippen molar-refractivity contribution in [1.82, 2.24) is 0 Å². The van der Waals surface area contributed by atoms with Gasteiger partial charge in [-0.1, -0.05) is 50.5 Å². The fraction of sp³-hybridized carbons (Fsp3) is 0.409. The second kappa shape index (κ2) is 10.6. The topological polar surface area (TPSA) is 76.0 Å². The van der Waals surface area contributed by atoms with Crippen LogP contribution in [0, 0.1) is 0 Å². The van der Waals surface area contributed by atoms with E-state index in [0.29, 0.717) is 18.1 Å². The Labute approximate surface area is 160 Å². The van der Waals surface area contributed by atoms with Crippen molar-refractivity contribution in [3.05, 3.63) is 59.7 Å². The molecule has 0 aliphatic carbocycles. The van der Waals surface area contributed by atoms with Crippen LogP contribution in [0.25, 0.3) is 0 Å². The number of unbranched alkanes of at least 4 members (excludes halogenated alkanes) is 2. The lowest BCUT2D eigenvalue weighted by atomic mass is 10.0. The van der Waals surface area contributed by atoms with Crippen molar-refractivity contribution in [2.75, 3.05) is 0 Å². The third-order valence-electron chi connectivity index (χ3n) is 4.31. The maximum absolute atomic E-state index is 10.8. The molecule has 146 valence electrons. The van der Waals surface area contributed by atoms with E-state index in [1.165, 1.54) is 6.92 Å². The highest BCUT2D eigenvalue weighted by Gasteiger charge is 2.12. The highest BCUT2D eigenvalue weighted by atomic mass is 16.5. The zero-order valence-electron chi connectivity index (χ0n) is 15.9. The second-order valence-corrected chi connectivity index (χ2v) is 6.62. The van der Waals surface area contributed by atoms with Crippen LogP contribution in [0.5, 0.6) is 11.5 Å². The quantitative estimate of drug-likeness (QED) is 0.558. The Morgan fingerprint density at radius 2 is 1.81 bits per heavy atom. The molecule has 2 atom stereocenters. The monoisotopic (exact) mass is 372 g/mol. The number of ether oxygens (including phenoxy) is 2. The lowest BCUT2D eigenvalue weighted by Gasteiger charge is -2.13. The van der Waals surface area contributed by atoms with Crippen LogP contribution in [0.2, 0.25) is 0 Å². The SMILES string of the molecule is CCCCCC(O)c1cccc(OCc2ccc(OC(C)C(=O)O)cc2)c1. The largest absolute Gasteiger partial charge is 0.489 e. The van der Waals surface area contributed by atoms with E-state index in [1.807, 2.05) is 36.4 Å². The van der Waals surface area contributed by atoms with E-state index in [1.54, 1.807) is 12.1 Å². The Hall–Kier alpha value is -2.53. The molecule has 5 nitrogen and oxygen atoms in total. The number of carbonyl (C=O) groups is 1. The minimum absolute atomic E-state index is 0.379. The molecule has 0 saturated carbocycles. The van der Waals surface area contributed by atoms with Gasteiger partial charge in [0.25, 0.3) is 0 Å². The Bertz CT molecular complexity index is 711. The number of rotatable bonds is 11. The van der Waals surface area contributed by atoms with Crippen molar-refractivity contribution in [2.45, 2.75) is 58.3 Å². The van der Waals surface area contributed by atoms with Crippen LogP contribution in [0.15, 0.2) is 48.5 Å². The first-order valence-electron chi connectivity index (χ1n) is 9.38. The van der Waals surface area contributed by atoms with Crippen LogP contribution in [-0.2, 0) is 11.4 Å². The number of aliphatic hydroxyl groups is 1. The molecule has 0 aromatic heterocycles. The van der Waals surface area contributed by atoms with Gasteiger partial charge >= 0.3 is 5.97 Å². The molecule has 0 spiro atoms. The van der Waals surface area contributed by atoms with Gasteiger partial charge in [0, 0.05) is 0 Å². The first-order chi connectivity index (χ1) is 13.0. The maximum Gasteiger partial charge on any atom is 0.344 e. The number of aliphatic hydroxyl groups excluding tert-OH is 1. The molecule has 2 N–H and O–H groups in total. The molecule has 0 radical (unpaired) electrons. The molecule has 0 aliphatic heterocycles. The predicted octanol–water partition coefficient (Wildman–Crippen LogP) is 4.73. The summed E-state index contributed by atoms with van der Waals surface area (Å²) in [6.45, 7) is 4.01. The lowest BCUT2D eigenvalue weighted by molar-refractivity contribution is -0.144. The van der Waals surface area contributed by atoms with Crippen molar-refractivity contribution in [3.8, 4) is 11.5 Å². The van der Waals surface area contributed by atoms with Crippen molar-refractivity contribution in [1.29, 1.82) is 0 Å². The highest BCUT2D eigenvalue weighted by molar-refractivity contribution is 5.72. The Kier molecular flexibility index (Phi) is 8.14. The van der Waals surface area contributed by atoms with Gasteiger partial charge in [-0.05, 0) is 48.7 Å². The molecule has 5 heteroatoms. The Morgan fingerprint density at radius 3 is 2.48 bits per heavy atom. The number of benzene rings is 2. The van der Waals surface area contributed by atoms with Crippen LogP contribution >= 0.6 is 0 Å². The molecule has 0 saturated heterocycles. The first kappa shape index (κ1) is 20.8. The number of aliphatic carboxylic acids is 1. The van der Waals surface area contributed by atoms with Gasteiger partial charge in [0.1, 0.15) is 18.1 Å². The van der Waals surface area contributed by atoms with E-state index in [2.05, 4.69) is 6.92 Å². The molecule has 2 aromatic carbocycles. The van der Waals surface area contributed by atoms with E-state index in [9.17, 15) is 9.90 Å². The van der Waals surface area contributed by atoms with Crippen LogP contribution in [-0.4, -0.2) is 22.3 Å². The molecule has 0 amide bonds. The van der Waals surface area contributed by atoms with Gasteiger partial charge in [0.2, 0.25) is 0 Å². The zero-order valence-corrected chi connectivity index (χ0v) is 15.9. The standard InChI is InChI=1S/C22H28O5/c1-3-4-5-9-21(23)18-7-6-8-20(14-18)26-15-17-10-12-19(13-11-17)27-16(2)22(24)25/h6-8,10-14,16,21,23H,3-5,9,15H2,1-2H3,(H,24,25). The van der Waals surface area contributed by atoms with Crippen molar-refractivity contribution >= 4 is 5.97 Å². The third-order valence-corrected chi connectivity index (χ3v) is 4.31.